The number of allylic oxidation sites excluding steroid dienone is 3. The minimum atomic E-state index is -2.50. The quantitative estimate of drug-likeness (QED) is 0.0924. The number of esters is 1. The number of benzene rings is 1. The number of cyclic esters (lactones) is 1. The zero-order chi connectivity index (χ0) is 48.1. The molecule has 1 aromatic carbocycles. The average Bonchev–Trinajstić information content (AvgIpc) is 3.31. The first kappa shape index (κ1) is 53.6. The minimum Gasteiger partial charge on any atom is -0.456 e. The highest BCUT2D eigenvalue weighted by atomic mass is 16.7. The number of methoxy groups -OCH3 is 3. The van der Waals surface area contributed by atoms with Crippen molar-refractivity contribution in [3.8, 4) is 0 Å². The molecule has 0 spiro atoms. The Morgan fingerprint density at radius 3 is 2.29 bits per heavy atom. The zero-order valence-electron chi connectivity index (χ0n) is 41.1. The summed E-state index contributed by atoms with van der Waals surface area (Å²) < 4.78 is 36.7. The molecular weight excluding hydrogens is 845 g/mol. The van der Waals surface area contributed by atoms with Crippen molar-refractivity contribution >= 4 is 23.4 Å². The molecule has 3 fully saturated rings. The molecule has 5 rings (SSSR count). The van der Waals surface area contributed by atoms with Crippen molar-refractivity contribution in [2.24, 2.45) is 29.6 Å². The van der Waals surface area contributed by atoms with Crippen molar-refractivity contribution < 1.29 is 57.8 Å². The first-order valence-corrected chi connectivity index (χ1v) is 24.5. The zero-order valence-corrected chi connectivity index (χ0v) is 41.1. The van der Waals surface area contributed by atoms with E-state index in [1.807, 2.05) is 45.0 Å². The number of carbonyl (C=O) groups excluding carboxylic acids is 4. The van der Waals surface area contributed by atoms with Gasteiger partial charge in [-0.25, -0.2) is 4.79 Å². The minimum absolute atomic E-state index is 0.0337. The molecule has 1 saturated carbocycles. The third kappa shape index (κ3) is 13.7. The first-order valence-electron chi connectivity index (χ1n) is 24.5. The molecule has 66 heavy (non-hydrogen) atoms. The molecule has 370 valence electrons. The van der Waals surface area contributed by atoms with Gasteiger partial charge in [0.2, 0.25) is 5.79 Å². The molecule has 14 heteroatoms. The lowest BCUT2D eigenvalue weighted by atomic mass is 9.81. The molecular formula is C52H80N2O12. The van der Waals surface area contributed by atoms with Crippen LogP contribution in [-0.2, 0) is 54.1 Å². The maximum absolute atomic E-state index is 14.5. The number of rotatable bonds is 12. The molecule has 14 unspecified atom stereocenters. The maximum atomic E-state index is 14.5. The second kappa shape index (κ2) is 25.3. The smallest absolute Gasteiger partial charge is 0.329 e. The predicted molar refractivity (Wildman–Crippen MR) is 250 cm³/mol. The molecule has 2 bridgehead atoms. The molecule has 2 saturated heterocycles. The lowest BCUT2D eigenvalue weighted by Gasteiger charge is -2.47. The summed E-state index contributed by atoms with van der Waals surface area (Å²) in [5, 5.41) is 27.4. The molecule has 14 nitrogen and oxygen atoms in total. The van der Waals surface area contributed by atoms with Gasteiger partial charge in [-0.05, 0) is 101 Å². The van der Waals surface area contributed by atoms with E-state index in [0.29, 0.717) is 57.2 Å². The topological polar surface area (TPSA) is 179 Å². The first-order chi connectivity index (χ1) is 31.5. The van der Waals surface area contributed by atoms with Gasteiger partial charge in [-0.2, -0.15) is 0 Å². The van der Waals surface area contributed by atoms with Crippen LogP contribution >= 0.6 is 0 Å². The third-order valence-electron chi connectivity index (χ3n) is 14.6. The highest BCUT2D eigenvalue weighted by Gasteiger charge is 2.56. The number of amides is 1. The van der Waals surface area contributed by atoms with E-state index in [-0.39, 0.29) is 55.6 Å². The van der Waals surface area contributed by atoms with Gasteiger partial charge in [0.25, 0.3) is 11.7 Å². The normalized spacial score (nSPS) is 37.0. The number of aliphatic hydroxyl groups is 2. The summed E-state index contributed by atoms with van der Waals surface area (Å²) in [6, 6.07) is 9.08. The van der Waals surface area contributed by atoms with E-state index in [2.05, 4.69) is 30.4 Å². The third-order valence-corrected chi connectivity index (χ3v) is 14.6. The summed E-state index contributed by atoms with van der Waals surface area (Å²) in [5.41, 5.74) is 2.91. The van der Waals surface area contributed by atoms with Crippen LogP contribution in [0.2, 0.25) is 0 Å². The average molecular weight is 925 g/mol. The van der Waals surface area contributed by atoms with Gasteiger partial charge in [0.05, 0.1) is 37.1 Å². The SMILES string of the molecule is CCC1/C=C(\C)CC(C)CC(OC)C2OC(O)(C(=O)C(=O)N3CCCCC3C(=O)OC(C(C)=CC3CCC(OCCNCc4ccccc4)C(OC)C3)C(C)C(O)CC1=O)C(C)CC2OC. The summed E-state index contributed by atoms with van der Waals surface area (Å²) >= 11 is 0. The van der Waals surface area contributed by atoms with E-state index in [9.17, 15) is 29.4 Å². The van der Waals surface area contributed by atoms with Gasteiger partial charge < -0.3 is 48.9 Å². The van der Waals surface area contributed by atoms with Crippen molar-refractivity contribution in [2.75, 3.05) is 41.0 Å². The van der Waals surface area contributed by atoms with Gasteiger partial charge in [-0.15, -0.1) is 0 Å². The van der Waals surface area contributed by atoms with Gasteiger partial charge in [0.15, 0.2) is 0 Å². The van der Waals surface area contributed by atoms with Gasteiger partial charge in [0, 0.05) is 65.1 Å². The molecule has 4 aliphatic rings. The fourth-order valence-corrected chi connectivity index (χ4v) is 10.7. The molecule has 3 heterocycles. The fourth-order valence-electron chi connectivity index (χ4n) is 10.7. The number of fused-ring (bicyclic) bond motifs is 3. The molecule has 3 N–H and O–H groups in total. The van der Waals surface area contributed by atoms with Gasteiger partial charge in [0.1, 0.15) is 24.0 Å². The van der Waals surface area contributed by atoms with Crippen LogP contribution in [0.5, 0.6) is 0 Å². The fraction of sp³-hybridized carbons (Fsp3) is 0.731. The summed E-state index contributed by atoms with van der Waals surface area (Å²) in [5.74, 6) is -7.41. The van der Waals surface area contributed by atoms with Crippen molar-refractivity contribution in [3.63, 3.8) is 0 Å². The number of ketones is 2. The van der Waals surface area contributed by atoms with Crippen molar-refractivity contribution in [3.05, 3.63) is 59.2 Å². The number of nitrogens with zero attached hydrogens (tertiary/aromatic N) is 1. The van der Waals surface area contributed by atoms with Crippen LogP contribution in [-0.4, -0.2) is 134 Å². The van der Waals surface area contributed by atoms with E-state index in [1.54, 1.807) is 35.2 Å². The Hall–Kier alpha value is -3.34. The number of nitrogens with one attached hydrogen (secondary N) is 1. The Labute approximate surface area is 393 Å². The van der Waals surface area contributed by atoms with Crippen molar-refractivity contribution in [2.45, 2.75) is 173 Å². The second-order valence-corrected chi connectivity index (χ2v) is 19.7. The second-order valence-electron chi connectivity index (χ2n) is 19.7. The van der Waals surface area contributed by atoms with E-state index < -0.39 is 77.8 Å². The van der Waals surface area contributed by atoms with Gasteiger partial charge >= 0.3 is 5.97 Å². The van der Waals surface area contributed by atoms with Crippen molar-refractivity contribution in [1.29, 1.82) is 0 Å². The number of piperidine rings is 1. The number of aliphatic hydroxyl groups excluding tert-OH is 1. The van der Waals surface area contributed by atoms with E-state index >= 15 is 0 Å². The van der Waals surface area contributed by atoms with Crippen LogP contribution in [0.15, 0.2) is 53.6 Å². The standard InChI is InChI=1S/C52H80N2O12/c1-10-39-25-32(2)24-33(3)26-45(62-8)48-46(63-9)28-35(5)52(60,66-48)49(57)50(58)54-22-15-14-18-40(54)51(59)65-47(36(6)41(55)30-42(39)56)34(4)27-38-19-20-43(44(29-38)61-7)64-23-21-53-31-37-16-12-11-13-17-37/h11-13,16-17,25,27,33,35-36,38-41,43-48,53,55,60H,10,14-15,18-24,26,28-31H2,1-9H3/b32-25+,34-27?. The predicted octanol–water partition coefficient (Wildman–Crippen LogP) is 6.29. The van der Waals surface area contributed by atoms with Gasteiger partial charge in [-0.1, -0.05) is 75.8 Å². The van der Waals surface area contributed by atoms with Crippen molar-refractivity contribution in [1.82, 2.24) is 10.2 Å². The van der Waals surface area contributed by atoms with Crippen LogP contribution in [0.3, 0.4) is 0 Å². The van der Waals surface area contributed by atoms with Crippen LogP contribution in [0.25, 0.3) is 0 Å². The Morgan fingerprint density at radius 2 is 1.61 bits per heavy atom. The monoisotopic (exact) mass is 925 g/mol. The Kier molecular flexibility index (Phi) is 20.6. The van der Waals surface area contributed by atoms with Crippen LogP contribution < -0.4 is 5.32 Å². The van der Waals surface area contributed by atoms with E-state index in [1.165, 1.54) is 10.5 Å². The highest BCUT2D eigenvalue weighted by Crippen LogP contribution is 2.39. The molecule has 1 amide bonds. The Bertz CT molecular complexity index is 1810. The van der Waals surface area contributed by atoms with Crippen LogP contribution in [0.1, 0.15) is 118 Å². The lowest BCUT2D eigenvalue weighted by Crippen LogP contribution is -2.64. The number of hydrogen-bond acceptors (Lipinski definition) is 13. The maximum Gasteiger partial charge on any atom is 0.329 e. The molecule has 1 aromatic rings. The largest absolute Gasteiger partial charge is 0.456 e. The molecule has 0 aromatic heterocycles. The number of Topliss-reactive ketones (excluding diaryl/α,β-unsaturated/α-hetero) is 2. The van der Waals surface area contributed by atoms with Gasteiger partial charge in [-0.3, -0.25) is 14.4 Å². The Balaban J connectivity index is 1.41. The summed E-state index contributed by atoms with van der Waals surface area (Å²) in [6.07, 6.45) is 4.98. The lowest BCUT2D eigenvalue weighted by molar-refractivity contribution is -0.302. The van der Waals surface area contributed by atoms with E-state index in [4.69, 9.17) is 28.4 Å². The molecule has 1 aliphatic carbocycles. The van der Waals surface area contributed by atoms with Crippen LogP contribution in [0.4, 0.5) is 0 Å². The highest BCUT2D eigenvalue weighted by molar-refractivity contribution is 6.39. The number of ether oxygens (including phenoxy) is 6. The number of carbonyl (C=O) groups is 4. The summed E-state index contributed by atoms with van der Waals surface area (Å²) in [6.45, 7) is 13.4. The number of hydrogen-bond donors (Lipinski definition) is 3. The van der Waals surface area contributed by atoms with Crippen LogP contribution in [0, 0.1) is 29.6 Å². The Morgan fingerprint density at radius 1 is 0.909 bits per heavy atom. The molecule has 3 aliphatic heterocycles. The summed E-state index contributed by atoms with van der Waals surface area (Å²) in [7, 11) is 4.77. The molecule has 0 radical (unpaired) electrons. The summed E-state index contributed by atoms with van der Waals surface area (Å²) in [4.78, 5) is 58.4. The molecule has 14 atom stereocenters. The van der Waals surface area contributed by atoms with E-state index in [0.717, 1.165) is 25.0 Å².